The van der Waals surface area contributed by atoms with Gasteiger partial charge in [-0.2, -0.15) is 5.26 Å². The van der Waals surface area contributed by atoms with E-state index < -0.39 is 11.9 Å². The number of aromatic carboxylic acids is 1. The summed E-state index contributed by atoms with van der Waals surface area (Å²) in [6, 6.07) is 14.3. The van der Waals surface area contributed by atoms with E-state index >= 15 is 0 Å². The monoisotopic (exact) mass is 520 g/mol. The minimum atomic E-state index is -1.10. The molecule has 0 unspecified atom stereocenters. The molecule has 2 aromatic carbocycles. The Hall–Kier alpha value is -4.53. The third-order valence-corrected chi connectivity index (χ3v) is 6.24. The lowest BCUT2D eigenvalue weighted by atomic mass is 10.2. The zero-order valence-electron chi connectivity index (χ0n) is 20.1. The molecule has 190 valence electrons. The highest BCUT2D eigenvalue weighted by Gasteiger charge is 2.16. The van der Waals surface area contributed by atoms with Gasteiger partial charge in [-0.1, -0.05) is 12.1 Å². The Morgan fingerprint density at radius 1 is 1.08 bits per heavy atom. The Balaban J connectivity index is 2.05. The summed E-state index contributed by atoms with van der Waals surface area (Å²) in [6.07, 6.45) is 2.14. The van der Waals surface area contributed by atoms with Gasteiger partial charge in [0.05, 0.1) is 10.1 Å². The molecule has 0 aliphatic carbocycles. The molecular formula is C26H24N4O6S. The van der Waals surface area contributed by atoms with Crippen molar-refractivity contribution in [2.24, 2.45) is 0 Å². The van der Waals surface area contributed by atoms with E-state index in [4.69, 9.17) is 9.84 Å². The Labute approximate surface area is 215 Å². The number of carbonyl (C=O) groups excluding carboxylic acids is 2. The van der Waals surface area contributed by atoms with Gasteiger partial charge in [0.25, 0.3) is 11.5 Å². The second-order valence-corrected chi connectivity index (χ2v) is 8.88. The molecule has 0 bridgehead atoms. The highest BCUT2D eigenvalue weighted by Crippen LogP contribution is 2.12. The molecule has 0 radical (unpaired) electrons. The second kappa shape index (κ2) is 12.4. The first-order valence-corrected chi connectivity index (χ1v) is 11.9. The molecule has 3 aromatic rings. The normalized spacial score (nSPS) is 12.0. The smallest absolute Gasteiger partial charge is 0.335 e. The number of benzene rings is 2. The van der Waals surface area contributed by atoms with E-state index in [1.807, 2.05) is 6.07 Å². The van der Waals surface area contributed by atoms with Crippen LogP contribution in [0.1, 0.15) is 29.3 Å². The lowest BCUT2D eigenvalue weighted by Crippen LogP contribution is -2.34. The van der Waals surface area contributed by atoms with Crippen LogP contribution in [0.25, 0.3) is 11.6 Å². The van der Waals surface area contributed by atoms with Gasteiger partial charge in [-0.05, 0) is 54.5 Å². The number of carboxylic acids is 1. The lowest BCUT2D eigenvalue weighted by molar-refractivity contribution is -0.114. The van der Waals surface area contributed by atoms with Crippen LogP contribution >= 0.6 is 11.3 Å². The van der Waals surface area contributed by atoms with Crippen LogP contribution in [0, 0.1) is 11.3 Å². The molecule has 10 nitrogen and oxygen atoms in total. The van der Waals surface area contributed by atoms with Gasteiger partial charge in [0.15, 0.2) is 5.57 Å². The van der Waals surface area contributed by atoms with Gasteiger partial charge in [0.2, 0.25) is 5.91 Å². The van der Waals surface area contributed by atoms with Gasteiger partial charge in [-0.3, -0.25) is 19.0 Å². The molecule has 0 spiro atoms. The number of amides is 2. The molecule has 37 heavy (non-hydrogen) atoms. The van der Waals surface area contributed by atoms with E-state index in [9.17, 15) is 24.4 Å². The fourth-order valence-electron chi connectivity index (χ4n) is 3.38. The summed E-state index contributed by atoms with van der Waals surface area (Å²) in [5.74, 6) is -2.03. The topological polar surface area (TPSA) is 151 Å². The van der Waals surface area contributed by atoms with Crippen molar-refractivity contribution in [2.45, 2.75) is 19.9 Å². The van der Waals surface area contributed by atoms with E-state index in [0.717, 1.165) is 11.3 Å². The van der Waals surface area contributed by atoms with Crippen LogP contribution in [0.15, 0.2) is 53.3 Å². The Bertz CT molecular complexity index is 1530. The van der Waals surface area contributed by atoms with Crippen LogP contribution in [0.2, 0.25) is 0 Å². The number of nitriles is 1. The number of carbonyl (C=O) groups is 3. The molecule has 0 aliphatic rings. The number of carboxylic acid groups (broad SMARTS) is 1. The minimum Gasteiger partial charge on any atom is -0.478 e. The van der Waals surface area contributed by atoms with Crippen molar-refractivity contribution in [1.29, 1.82) is 5.26 Å². The fourth-order valence-corrected chi connectivity index (χ4v) is 4.50. The molecule has 11 heteroatoms. The second-order valence-electron chi connectivity index (χ2n) is 7.85. The predicted molar refractivity (Wildman–Crippen MR) is 140 cm³/mol. The zero-order valence-corrected chi connectivity index (χ0v) is 20.9. The largest absolute Gasteiger partial charge is 0.478 e. The molecule has 1 aromatic heterocycles. The lowest BCUT2D eigenvalue weighted by Gasteiger charge is -2.06. The molecule has 0 saturated carbocycles. The molecule has 3 N–H and O–H groups in total. The average molecular weight is 521 g/mol. The SMILES string of the molecule is COCCCn1c(=O)/c(=C\c2ccc(NC(C)=O)cc2)s/c1=C(/C#N)C(=O)Nc1ccc(C(=O)O)cc1. The zero-order chi connectivity index (χ0) is 26.9. The Morgan fingerprint density at radius 2 is 1.70 bits per heavy atom. The number of ether oxygens (including phenoxy) is 1. The van der Waals surface area contributed by atoms with Crippen molar-refractivity contribution in [1.82, 2.24) is 4.57 Å². The van der Waals surface area contributed by atoms with Crippen LogP contribution in [0.5, 0.6) is 0 Å². The summed E-state index contributed by atoms with van der Waals surface area (Å²) in [5.41, 5.74) is 1.07. The first kappa shape index (κ1) is 27.1. The molecule has 0 fully saturated rings. The van der Waals surface area contributed by atoms with Crippen LogP contribution in [-0.4, -0.2) is 41.2 Å². The van der Waals surface area contributed by atoms with Gasteiger partial charge in [-0.15, -0.1) is 11.3 Å². The number of aromatic nitrogens is 1. The van der Waals surface area contributed by atoms with Crippen molar-refractivity contribution < 1.29 is 24.2 Å². The Morgan fingerprint density at radius 3 is 2.27 bits per heavy atom. The highest BCUT2D eigenvalue weighted by atomic mass is 32.1. The first-order chi connectivity index (χ1) is 17.7. The van der Waals surface area contributed by atoms with Crippen molar-refractivity contribution in [3.05, 3.63) is 79.2 Å². The molecular weight excluding hydrogens is 496 g/mol. The molecule has 0 saturated heterocycles. The van der Waals surface area contributed by atoms with Crippen LogP contribution in [-0.2, 0) is 20.9 Å². The standard InChI is InChI=1S/C26H24N4O6S/c1-16(31)28-19-8-4-17(5-9-19)14-22-24(33)30(12-3-13-36-2)25(37-22)21(15-27)23(32)29-20-10-6-18(7-11-20)26(34)35/h4-11,14H,3,12-13H2,1-2H3,(H,28,31)(H,29,32)(H,34,35)/b22-14+,25-21-. The number of hydrogen-bond donors (Lipinski definition) is 3. The third-order valence-electron chi connectivity index (χ3n) is 5.11. The van der Waals surface area contributed by atoms with Crippen molar-refractivity contribution in [3.63, 3.8) is 0 Å². The maximum atomic E-state index is 13.2. The third kappa shape index (κ3) is 7.00. The number of nitrogens with zero attached hydrogens (tertiary/aromatic N) is 2. The van der Waals surface area contributed by atoms with Gasteiger partial charge in [0.1, 0.15) is 10.7 Å². The van der Waals surface area contributed by atoms with Gasteiger partial charge in [-0.25, -0.2) is 4.79 Å². The first-order valence-electron chi connectivity index (χ1n) is 11.1. The summed E-state index contributed by atoms with van der Waals surface area (Å²) in [6.45, 7) is 2.03. The molecule has 1 heterocycles. The predicted octanol–water partition coefficient (Wildman–Crippen LogP) is 1.74. The number of hydrogen-bond acceptors (Lipinski definition) is 7. The van der Waals surface area contributed by atoms with Gasteiger partial charge < -0.3 is 20.5 Å². The van der Waals surface area contributed by atoms with Crippen molar-refractivity contribution in [3.8, 4) is 6.07 Å². The maximum absolute atomic E-state index is 13.2. The van der Waals surface area contributed by atoms with Crippen LogP contribution in [0.3, 0.4) is 0 Å². The highest BCUT2D eigenvalue weighted by molar-refractivity contribution is 7.07. The molecule has 0 atom stereocenters. The van der Waals surface area contributed by atoms with E-state index in [1.54, 1.807) is 30.3 Å². The van der Waals surface area contributed by atoms with Gasteiger partial charge >= 0.3 is 5.97 Å². The molecule has 2 amide bonds. The van der Waals surface area contributed by atoms with Crippen LogP contribution in [0.4, 0.5) is 11.4 Å². The van der Waals surface area contributed by atoms with E-state index in [2.05, 4.69) is 10.6 Å². The van der Waals surface area contributed by atoms with Gasteiger partial charge in [0, 0.05) is 38.6 Å². The summed E-state index contributed by atoms with van der Waals surface area (Å²) in [4.78, 5) is 48.5. The van der Waals surface area contributed by atoms with Crippen LogP contribution < -0.4 is 25.4 Å². The summed E-state index contributed by atoms with van der Waals surface area (Å²) in [7, 11) is 1.54. The summed E-state index contributed by atoms with van der Waals surface area (Å²) < 4.78 is 6.99. The summed E-state index contributed by atoms with van der Waals surface area (Å²) in [5, 5.41) is 24.1. The van der Waals surface area contributed by atoms with E-state index in [0.29, 0.717) is 34.5 Å². The quantitative estimate of drug-likeness (QED) is 0.364. The minimum absolute atomic E-state index is 0.0537. The number of methoxy groups -OCH3 is 1. The molecule has 0 aliphatic heterocycles. The average Bonchev–Trinajstić information content (AvgIpc) is 3.15. The number of rotatable bonds is 9. The number of anilines is 2. The molecule has 3 rings (SSSR count). The number of nitrogens with one attached hydrogen (secondary N) is 2. The van der Waals surface area contributed by atoms with Crippen molar-refractivity contribution >= 4 is 52.1 Å². The number of thiazole rings is 1. The van der Waals surface area contributed by atoms with E-state index in [-0.39, 0.29) is 33.8 Å². The Kier molecular flexibility index (Phi) is 9.10. The van der Waals surface area contributed by atoms with E-state index in [1.165, 1.54) is 42.9 Å². The fraction of sp³-hybridized carbons (Fsp3) is 0.192. The maximum Gasteiger partial charge on any atom is 0.335 e. The summed E-state index contributed by atoms with van der Waals surface area (Å²) >= 11 is 1.02. The van der Waals surface area contributed by atoms with Crippen molar-refractivity contribution in [2.75, 3.05) is 24.4 Å².